The summed E-state index contributed by atoms with van der Waals surface area (Å²) in [5.74, 6) is 1.12. The number of aliphatic imine (C=N–C) groups is 1. The van der Waals surface area contributed by atoms with Gasteiger partial charge in [0.05, 0.1) is 23.1 Å². The molecule has 140 valence electrons. The van der Waals surface area contributed by atoms with Crippen LogP contribution in [0.3, 0.4) is 0 Å². The summed E-state index contributed by atoms with van der Waals surface area (Å²) < 4.78 is 17.2. The average Bonchev–Trinajstić information content (AvgIpc) is 3.32. The number of methoxy groups -OCH3 is 1. The van der Waals surface area contributed by atoms with Gasteiger partial charge in [-0.3, -0.25) is 10.1 Å². The van der Waals surface area contributed by atoms with E-state index in [4.69, 9.17) is 14.2 Å². The predicted octanol–water partition coefficient (Wildman–Crippen LogP) is 3.78. The van der Waals surface area contributed by atoms with Crippen molar-refractivity contribution >= 4 is 11.6 Å². The molecule has 7 heteroatoms. The summed E-state index contributed by atoms with van der Waals surface area (Å²) in [6, 6.07) is 14.0. The first-order valence-corrected chi connectivity index (χ1v) is 8.66. The minimum absolute atomic E-state index is 0.00971. The van der Waals surface area contributed by atoms with Gasteiger partial charge >= 0.3 is 0 Å². The second-order valence-corrected chi connectivity index (χ2v) is 7.30. The van der Waals surface area contributed by atoms with Crippen molar-refractivity contribution in [3.05, 3.63) is 69.8 Å². The molecule has 0 saturated carbocycles. The maximum atomic E-state index is 11.6. The van der Waals surface area contributed by atoms with E-state index in [-0.39, 0.29) is 5.69 Å². The maximum absolute atomic E-state index is 11.6. The first kappa shape index (κ1) is 17.5. The highest BCUT2D eigenvalue weighted by Gasteiger charge is 2.67. The van der Waals surface area contributed by atoms with E-state index in [1.807, 2.05) is 38.1 Å². The third-order valence-corrected chi connectivity index (χ3v) is 4.82. The van der Waals surface area contributed by atoms with E-state index in [1.54, 1.807) is 25.3 Å². The van der Waals surface area contributed by atoms with Gasteiger partial charge in [0, 0.05) is 6.07 Å². The lowest BCUT2D eigenvalue weighted by Gasteiger charge is -2.14. The van der Waals surface area contributed by atoms with Gasteiger partial charge in [0.25, 0.3) is 5.69 Å². The molecule has 27 heavy (non-hydrogen) atoms. The van der Waals surface area contributed by atoms with Gasteiger partial charge in [0.15, 0.2) is 0 Å². The molecule has 0 amide bonds. The van der Waals surface area contributed by atoms with E-state index in [0.29, 0.717) is 18.1 Å². The van der Waals surface area contributed by atoms with Crippen molar-refractivity contribution in [1.29, 1.82) is 0 Å². The Labute approximate surface area is 156 Å². The van der Waals surface area contributed by atoms with Crippen LogP contribution in [0, 0.1) is 10.1 Å². The minimum atomic E-state index is -1.09. The van der Waals surface area contributed by atoms with Gasteiger partial charge in [0.2, 0.25) is 11.5 Å². The number of nitro benzene ring substituents is 1. The monoisotopic (exact) mass is 368 g/mol. The van der Waals surface area contributed by atoms with Gasteiger partial charge in [0.1, 0.15) is 18.5 Å². The summed E-state index contributed by atoms with van der Waals surface area (Å²) in [4.78, 5) is 15.9. The molecule has 2 atom stereocenters. The van der Waals surface area contributed by atoms with Crippen LogP contribution in [0.1, 0.15) is 31.1 Å². The summed E-state index contributed by atoms with van der Waals surface area (Å²) in [5.41, 5.74) is -0.171. The van der Waals surface area contributed by atoms with Gasteiger partial charge < -0.3 is 14.2 Å². The quantitative estimate of drug-likeness (QED) is 0.455. The minimum Gasteiger partial charge on any atom is -0.497 e. The predicted molar refractivity (Wildman–Crippen MR) is 99.1 cm³/mol. The van der Waals surface area contributed by atoms with Crippen molar-refractivity contribution in [3.63, 3.8) is 0 Å². The fourth-order valence-corrected chi connectivity index (χ4v) is 3.44. The number of para-hydroxylation sites is 1. The molecule has 0 spiro atoms. The number of ether oxygens (including phenoxy) is 3. The van der Waals surface area contributed by atoms with Crippen molar-refractivity contribution in [3.8, 4) is 5.75 Å². The van der Waals surface area contributed by atoms with E-state index in [2.05, 4.69) is 4.99 Å². The van der Waals surface area contributed by atoms with Gasteiger partial charge in [-0.05, 0) is 37.6 Å². The molecule has 2 heterocycles. The third-order valence-electron chi connectivity index (χ3n) is 4.82. The number of benzene rings is 2. The smallest absolute Gasteiger partial charge is 0.276 e. The summed E-state index contributed by atoms with van der Waals surface area (Å²) in [6.45, 7) is 4.32. The summed E-state index contributed by atoms with van der Waals surface area (Å²) >= 11 is 0. The van der Waals surface area contributed by atoms with Crippen LogP contribution in [0.25, 0.3) is 0 Å². The fraction of sp³-hybridized carbons (Fsp3) is 0.350. The number of nitro groups is 1. The highest BCUT2D eigenvalue weighted by molar-refractivity contribution is 5.93. The third kappa shape index (κ3) is 2.84. The molecule has 0 aliphatic carbocycles. The zero-order chi connectivity index (χ0) is 19.2. The van der Waals surface area contributed by atoms with Gasteiger partial charge in [-0.25, -0.2) is 4.99 Å². The second kappa shape index (κ2) is 6.06. The largest absolute Gasteiger partial charge is 0.497 e. The van der Waals surface area contributed by atoms with Crippen LogP contribution in [0.5, 0.6) is 5.75 Å². The van der Waals surface area contributed by atoms with Gasteiger partial charge in [-0.2, -0.15) is 0 Å². The molecule has 0 N–H and O–H groups in total. The number of epoxide rings is 1. The Bertz CT molecular complexity index is 922. The summed E-state index contributed by atoms with van der Waals surface area (Å²) in [7, 11) is 1.60. The normalized spacial score (nSPS) is 25.4. The van der Waals surface area contributed by atoms with E-state index in [1.165, 1.54) is 6.07 Å². The van der Waals surface area contributed by atoms with Crippen molar-refractivity contribution in [2.24, 2.45) is 4.99 Å². The van der Waals surface area contributed by atoms with Gasteiger partial charge in [-0.15, -0.1) is 0 Å². The molecule has 2 aromatic rings. The zero-order valence-corrected chi connectivity index (χ0v) is 15.3. The SMILES string of the molecule is COc1ccc([C@@H]2O[C@]2(C2=NC(C)(C)CO2)c2ccccc2[N+](=O)[O-])cc1. The van der Waals surface area contributed by atoms with E-state index >= 15 is 0 Å². The van der Waals surface area contributed by atoms with E-state index < -0.39 is 22.2 Å². The van der Waals surface area contributed by atoms with Crippen LogP contribution >= 0.6 is 0 Å². The highest BCUT2D eigenvalue weighted by atomic mass is 16.6. The molecule has 2 aliphatic rings. The highest BCUT2D eigenvalue weighted by Crippen LogP contribution is 2.61. The Morgan fingerprint density at radius 1 is 1.19 bits per heavy atom. The molecule has 0 unspecified atom stereocenters. The lowest BCUT2D eigenvalue weighted by molar-refractivity contribution is -0.385. The van der Waals surface area contributed by atoms with E-state index in [0.717, 1.165) is 11.3 Å². The molecular weight excluding hydrogens is 348 g/mol. The lowest BCUT2D eigenvalue weighted by atomic mass is 9.90. The molecule has 0 aromatic heterocycles. The van der Waals surface area contributed by atoms with Crippen LogP contribution in [0.4, 0.5) is 5.69 Å². The van der Waals surface area contributed by atoms with Crippen LogP contribution in [0.2, 0.25) is 0 Å². The summed E-state index contributed by atoms with van der Waals surface area (Å²) in [5, 5.41) is 11.6. The second-order valence-electron chi connectivity index (χ2n) is 7.30. The number of hydrogen-bond acceptors (Lipinski definition) is 6. The van der Waals surface area contributed by atoms with Crippen LogP contribution in [-0.4, -0.2) is 30.1 Å². The molecule has 7 nitrogen and oxygen atoms in total. The first-order valence-electron chi connectivity index (χ1n) is 8.66. The van der Waals surface area contributed by atoms with Crippen LogP contribution < -0.4 is 4.74 Å². The Kier molecular flexibility index (Phi) is 3.92. The molecule has 0 bridgehead atoms. The Morgan fingerprint density at radius 3 is 2.48 bits per heavy atom. The molecule has 2 aliphatic heterocycles. The van der Waals surface area contributed by atoms with Crippen molar-refractivity contribution in [2.75, 3.05) is 13.7 Å². The number of hydrogen-bond donors (Lipinski definition) is 0. The maximum Gasteiger partial charge on any atom is 0.276 e. The molecular formula is C20H20N2O5. The fourth-order valence-electron chi connectivity index (χ4n) is 3.44. The Hall–Kier alpha value is -2.93. The average molecular weight is 368 g/mol. The molecule has 1 fully saturated rings. The van der Waals surface area contributed by atoms with Crippen LogP contribution in [0.15, 0.2) is 53.5 Å². The van der Waals surface area contributed by atoms with Gasteiger partial charge in [-0.1, -0.05) is 24.3 Å². The Morgan fingerprint density at radius 2 is 1.89 bits per heavy atom. The molecule has 2 aromatic carbocycles. The topological polar surface area (TPSA) is 86.5 Å². The molecule has 0 radical (unpaired) electrons. The standard InChI is InChI=1S/C20H20N2O5/c1-19(2)12-26-18(21-19)20(15-6-4-5-7-16(15)22(23)24)17(27-20)13-8-10-14(25-3)11-9-13/h4-11,17H,12H2,1-3H3/t17-,20+/m0/s1. The van der Waals surface area contributed by atoms with Crippen molar-refractivity contribution in [1.82, 2.24) is 0 Å². The lowest BCUT2D eigenvalue weighted by Crippen LogP contribution is -2.24. The zero-order valence-electron chi connectivity index (χ0n) is 15.3. The number of rotatable bonds is 5. The summed E-state index contributed by atoms with van der Waals surface area (Å²) in [6.07, 6.45) is -0.419. The van der Waals surface area contributed by atoms with Crippen LogP contribution in [-0.2, 0) is 15.1 Å². The molecule has 4 rings (SSSR count). The van der Waals surface area contributed by atoms with Crippen molar-refractivity contribution < 1.29 is 19.1 Å². The van der Waals surface area contributed by atoms with E-state index in [9.17, 15) is 10.1 Å². The Balaban J connectivity index is 1.83. The number of nitrogens with zero attached hydrogens (tertiary/aromatic N) is 2. The van der Waals surface area contributed by atoms with Crippen molar-refractivity contribution in [2.45, 2.75) is 31.1 Å². The first-order chi connectivity index (χ1) is 12.9. The molecule has 1 saturated heterocycles.